The summed E-state index contributed by atoms with van der Waals surface area (Å²) in [6, 6.07) is 0. The van der Waals surface area contributed by atoms with Gasteiger partial charge >= 0.3 is 0 Å². The highest BCUT2D eigenvalue weighted by Gasteiger charge is 2.21. The second-order valence-electron chi connectivity index (χ2n) is 5.11. The molecule has 0 atom stereocenters. The molecule has 0 bridgehead atoms. The van der Waals surface area contributed by atoms with Crippen LogP contribution in [0.4, 0.5) is 0 Å². The number of thioether (sulfide) groups is 1. The van der Waals surface area contributed by atoms with E-state index in [2.05, 4.69) is 32.8 Å². The van der Waals surface area contributed by atoms with E-state index >= 15 is 0 Å². The van der Waals surface area contributed by atoms with Gasteiger partial charge in [0.15, 0.2) is 11.5 Å². The molecule has 0 radical (unpaired) electrons. The summed E-state index contributed by atoms with van der Waals surface area (Å²) in [7, 11) is 1.57. The summed E-state index contributed by atoms with van der Waals surface area (Å²) >= 11 is 1.64. The van der Waals surface area contributed by atoms with Crippen molar-refractivity contribution < 1.29 is 9.53 Å². The molecule has 5 heteroatoms. The number of Topliss-reactive ketones (excluding diaryl/α,β-unsaturated/α-hetero) is 1. The maximum absolute atomic E-state index is 12.3. The first-order valence-corrected chi connectivity index (χ1v) is 7.14. The van der Waals surface area contributed by atoms with Crippen LogP contribution in [0.25, 0.3) is 0 Å². The molecule has 1 heterocycles. The molecule has 0 aromatic carbocycles. The SMILES string of the molecule is CCCn1ncc(OC)c1C(=O)CSC(C)(C)C. The molecule has 0 aliphatic heterocycles. The lowest BCUT2D eigenvalue weighted by molar-refractivity contribution is 0.100. The van der Waals surface area contributed by atoms with Crippen molar-refractivity contribution in [2.24, 2.45) is 0 Å². The smallest absolute Gasteiger partial charge is 0.194 e. The van der Waals surface area contributed by atoms with E-state index in [1.807, 2.05) is 0 Å². The van der Waals surface area contributed by atoms with Crippen molar-refractivity contribution in [3.05, 3.63) is 11.9 Å². The van der Waals surface area contributed by atoms with Crippen molar-refractivity contribution in [3.8, 4) is 5.75 Å². The Hall–Kier alpha value is -0.970. The summed E-state index contributed by atoms with van der Waals surface area (Å²) in [4.78, 5) is 12.3. The lowest BCUT2D eigenvalue weighted by atomic mass is 10.2. The maximum Gasteiger partial charge on any atom is 0.194 e. The van der Waals surface area contributed by atoms with Crippen LogP contribution in [0.15, 0.2) is 6.20 Å². The Morgan fingerprint density at radius 1 is 1.50 bits per heavy atom. The molecule has 0 N–H and O–H groups in total. The van der Waals surface area contributed by atoms with Gasteiger partial charge in [0.2, 0.25) is 0 Å². The lowest BCUT2D eigenvalue weighted by Gasteiger charge is -2.17. The van der Waals surface area contributed by atoms with Crippen LogP contribution in [-0.2, 0) is 6.54 Å². The van der Waals surface area contributed by atoms with E-state index in [1.54, 1.807) is 29.8 Å². The molecule has 1 aromatic heterocycles. The van der Waals surface area contributed by atoms with Crippen LogP contribution in [-0.4, -0.2) is 33.2 Å². The number of ether oxygens (including phenoxy) is 1. The van der Waals surface area contributed by atoms with Gasteiger partial charge in [-0.2, -0.15) is 5.10 Å². The number of methoxy groups -OCH3 is 1. The van der Waals surface area contributed by atoms with E-state index in [-0.39, 0.29) is 10.5 Å². The highest BCUT2D eigenvalue weighted by Crippen LogP contribution is 2.26. The van der Waals surface area contributed by atoms with Gasteiger partial charge in [0.05, 0.1) is 19.1 Å². The minimum atomic E-state index is 0.0812. The highest BCUT2D eigenvalue weighted by molar-refractivity contribution is 8.01. The van der Waals surface area contributed by atoms with E-state index in [0.29, 0.717) is 17.2 Å². The number of hydrogen-bond acceptors (Lipinski definition) is 4. The zero-order valence-electron chi connectivity index (χ0n) is 11.8. The van der Waals surface area contributed by atoms with Gasteiger partial charge in [-0.15, -0.1) is 11.8 Å². The number of nitrogens with zero attached hydrogens (tertiary/aromatic N) is 2. The van der Waals surface area contributed by atoms with E-state index in [1.165, 1.54) is 0 Å². The van der Waals surface area contributed by atoms with Crippen molar-refractivity contribution in [1.82, 2.24) is 9.78 Å². The Morgan fingerprint density at radius 3 is 2.67 bits per heavy atom. The van der Waals surface area contributed by atoms with Crippen molar-refractivity contribution in [2.75, 3.05) is 12.9 Å². The second-order valence-corrected chi connectivity index (χ2v) is 6.91. The van der Waals surface area contributed by atoms with E-state index in [9.17, 15) is 4.79 Å². The van der Waals surface area contributed by atoms with Crippen LogP contribution in [0.1, 0.15) is 44.6 Å². The van der Waals surface area contributed by atoms with Crippen LogP contribution >= 0.6 is 11.8 Å². The summed E-state index contributed by atoms with van der Waals surface area (Å²) < 4.78 is 7.03. The Bertz CT molecular complexity index is 408. The number of rotatable bonds is 6. The van der Waals surface area contributed by atoms with Crippen LogP contribution in [0.5, 0.6) is 5.75 Å². The van der Waals surface area contributed by atoms with Gasteiger partial charge in [-0.25, -0.2) is 0 Å². The molecule has 1 rings (SSSR count). The number of hydrogen-bond donors (Lipinski definition) is 0. The minimum absolute atomic E-state index is 0.0812. The molecule has 0 amide bonds. The molecule has 0 saturated carbocycles. The third-order valence-corrected chi connectivity index (χ3v) is 3.63. The van der Waals surface area contributed by atoms with Crippen molar-refractivity contribution in [3.63, 3.8) is 0 Å². The molecule has 4 nitrogen and oxygen atoms in total. The van der Waals surface area contributed by atoms with Crippen molar-refractivity contribution in [1.29, 1.82) is 0 Å². The molecule has 0 aliphatic rings. The maximum atomic E-state index is 12.3. The molecule has 1 aromatic rings. The van der Waals surface area contributed by atoms with Gasteiger partial charge in [0.25, 0.3) is 0 Å². The third-order valence-electron chi connectivity index (χ3n) is 2.36. The monoisotopic (exact) mass is 270 g/mol. The summed E-state index contributed by atoms with van der Waals surface area (Å²) in [6.07, 6.45) is 2.56. The Kier molecular flexibility index (Phi) is 5.26. The summed E-state index contributed by atoms with van der Waals surface area (Å²) in [5.41, 5.74) is 0.594. The number of aromatic nitrogens is 2. The fourth-order valence-electron chi connectivity index (χ4n) is 1.53. The third kappa shape index (κ3) is 4.05. The molecule has 0 fully saturated rings. The van der Waals surface area contributed by atoms with E-state index in [4.69, 9.17) is 4.74 Å². The van der Waals surface area contributed by atoms with Gasteiger partial charge in [0, 0.05) is 11.3 Å². The van der Waals surface area contributed by atoms with Crippen LogP contribution in [0.3, 0.4) is 0 Å². The first-order chi connectivity index (χ1) is 8.39. The largest absolute Gasteiger partial charge is 0.493 e. The first-order valence-electron chi connectivity index (χ1n) is 6.16. The van der Waals surface area contributed by atoms with Gasteiger partial charge in [0.1, 0.15) is 5.69 Å². The van der Waals surface area contributed by atoms with Crippen LogP contribution in [0, 0.1) is 0 Å². The fourth-order valence-corrected chi connectivity index (χ4v) is 2.23. The fraction of sp³-hybridized carbons (Fsp3) is 0.692. The van der Waals surface area contributed by atoms with E-state index in [0.717, 1.165) is 13.0 Å². The molecule has 102 valence electrons. The quantitative estimate of drug-likeness (QED) is 0.745. The van der Waals surface area contributed by atoms with Crippen molar-refractivity contribution >= 4 is 17.5 Å². The summed E-state index contributed by atoms with van der Waals surface area (Å²) in [5, 5.41) is 4.20. The Balaban J connectivity index is 2.85. The molecule has 0 unspecified atom stereocenters. The van der Waals surface area contributed by atoms with Gasteiger partial charge in [-0.1, -0.05) is 27.7 Å². The molecule has 0 spiro atoms. The predicted octanol–water partition coefficient (Wildman–Crippen LogP) is 3.02. The van der Waals surface area contributed by atoms with Crippen LogP contribution in [0.2, 0.25) is 0 Å². The zero-order valence-corrected chi connectivity index (χ0v) is 12.6. The Labute approximate surface area is 113 Å². The molecule has 18 heavy (non-hydrogen) atoms. The highest BCUT2D eigenvalue weighted by atomic mass is 32.2. The normalized spacial score (nSPS) is 11.6. The topological polar surface area (TPSA) is 44.1 Å². The standard InChI is InChI=1S/C13H22N2O2S/c1-6-7-15-12(11(17-5)8-14-15)10(16)9-18-13(2,3)4/h8H,6-7,9H2,1-5H3. The number of aryl methyl sites for hydroxylation is 1. The molecular weight excluding hydrogens is 248 g/mol. The van der Waals surface area contributed by atoms with Gasteiger partial charge < -0.3 is 4.74 Å². The predicted molar refractivity (Wildman–Crippen MR) is 75.6 cm³/mol. The number of carbonyl (C=O) groups is 1. The van der Waals surface area contributed by atoms with Crippen LogP contribution < -0.4 is 4.74 Å². The van der Waals surface area contributed by atoms with E-state index < -0.39 is 0 Å². The summed E-state index contributed by atoms with van der Waals surface area (Å²) in [6.45, 7) is 9.11. The first kappa shape index (κ1) is 15.1. The number of carbonyl (C=O) groups excluding carboxylic acids is 1. The number of ketones is 1. The second kappa shape index (κ2) is 6.27. The molecular formula is C13H22N2O2S. The minimum Gasteiger partial charge on any atom is -0.493 e. The summed E-state index contributed by atoms with van der Waals surface area (Å²) in [5.74, 6) is 1.11. The van der Waals surface area contributed by atoms with Gasteiger partial charge in [-0.05, 0) is 6.42 Å². The zero-order chi connectivity index (χ0) is 13.8. The average molecular weight is 270 g/mol. The Morgan fingerprint density at radius 2 is 2.17 bits per heavy atom. The van der Waals surface area contributed by atoms with Gasteiger partial charge in [-0.3, -0.25) is 9.48 Å². The van der Waals surface area contributed by atoms with Crippen molar-refractivity contribution in [2.45, 2.75) is 45.4 Å². The molecule has 0 aliphatic carbocycles. The lowest BCUT2D eigenvalue weighted by Crippen LogP contribution is -2.17. The average Bonchev–Trinajstić information content (AvgIpc) is 2.68. The molecule has 0 saturated heterocycles.